The van der Waals surface area contributed by atoms with Crippen molar-refractivity contribution >= 4 is 50.5 Å². The number of anilines is 2. The first-order chi connectivity index (χ1) is 19.2. The lowest BCUT2D eigenvalue weighted by Crippen LogP contribution is -2.16. The average molecular weight is 592 g/mol. The van der Waals surface area contributed by atoms with Crippen LogP contribution in [0.4, 0.5) is 11.5 Å². The number of aromatic nitrogens is 5. The van der Waals surface area contributed by atoms with E-state index in [1.165, 1.54) is 36.0 Å². The Bertz CT molecular complexity index is 1730. The molecule has 13 heteroatoms. The minimum absolute atomic E-state index is 0.0427. The maximum Gasteiger partial charge on any atom is 0.263 e. The molecule has 40 heavy (non-hydrogen) atoms. The zero-order chi connectivity index (χ0) is 28.3. The Morgan fingerprint density at radius 1 is 0.975 bits per heavy atom. The zero-order valence-corrected chi connectivity index (χ0v) is 24.3. The number of thioether (sulfide) groups is 1. The highest BCUT2D eigenvalue weighted by Crippen LogP contribution is 2.30. The number of nitrogens with zero attached hydrogens (tertiary/aromatic N) is 5. The molecular formula is C27H25N7O3S3. The van der Waals surface area contributed by atoms with Crippen LogP contribution in [0.3, 0.4) is 0 Å². The second kappa shape index (κ2) is 11.6. The summed E-state index contributed by atoms with van der Waals surface area (Å²) in [6.45, 7) is 5.47. The van der Waals surface area contributed by atoms with Crippen molar-refractivity contribution in [3.05, 3.63) is 89.2 Å². The van der Waals surface area contributed by atoms with Gasteiger partial charge in [0.15, 0.2) is 11.0 Å². The van der Waals surface area contributed by atoms with E-state index in [2.05, 4.69) is 30.2 Å². The van der Waals surface area contributed by atoms with Crippen molar-refractivity contribution in [2.45, 2.75) is 30.8 Å². The van der Waals surface area contributed by atoms with Gasteiger partial charge in [0, 0.05) is 23.1 Å². The Morgan fingerprint density at radius 2 is 1.73 bits per heavy atom. The third-order valence-electron chi connectivity index (χ3n) is 5.65. The van der Waals surface area contributed by atoms with Gasteiger partial charge in [-0.2, -0.15) is 0 Å². The van der Waals surface area contributed by atoms with Crippen LogP contribution in [0.1, 0.15) is 17.1 Å². The fourth-order valence-electron chi connectivity index (χ4n) is 3.87. The van der Waals surface area contributed by atoms with E-state index in [9.17, 15) is 13.2 Å². The second-order valence-corrected chi connectivity index (χ2v) is 12.4. The fraction of sp³-hybridized carbons (Fsp3) is 0.148. The Balaban J connectivity index is 1.26. The average Bonchev–Trinajstić information content (AvgIpc) is 3.58. The highest BCUT2D eigenvalue weighted by atomic mass is 32.2. The quantitative estimate of drug-likeness (QED) is 0.222. The summed E-state index contributed by atoms with van der Waals surface area (Å²) in [6.07, 6.45) is 0. The summed E-state index contributed by atoms with van der Waals surface area (Å²) in [5, 5.41) is 14.1. The van der Waals surface area contributed by atoms with Crippen LogP contribution in [0, 0.1) is 20.8 Å². The first kappa shape index (κ1) is 27.5. The van der Waals surface area contributed by atoms with Crippen molar-refractivity contribution in [1.82, 2.24) is 24.7 Å². The number of hydrogen-bond acceptors (Lipinski definition) is 9. The van der Waals surface area contributed by atoms with Gasteiger partial charge in [-0.15, -0.1) is 21.5 Å². The van der Waals surface area contributed by atoms with Gasteiger partial charge in [-0.05, 0) is 68.6 Å². The van der Waals surface area contributed by atoms with Crippen LogP contribution < -0.4 is 10.0 Å². The largest absolute Gasteiger partial charge is 0.325 e. The Kier molecular flexibility index (Phi) is 7.96. The molecule has 3 aromatic heterocycles. The predicted octanol–water partition coefficient (Wildman–Crippen LogP) is 5.24. The molecule has 0 bridgehead atoms. The molecule has 0 saturated carbocycles. The monoisotopic (exact) mass is 591 g/mol. The maximum absolute atomic E-state index is 12.8. The molecule has 0 radical (unpaired) electrons. The lowest BCUT2D eigenvalue weighted by atomic mass is 10.2. The molecule has 0 aliphatic rings. The molecule has 5 rings (SSSR count). The number of benzene rings is 2. The van der Waals surface area contributed by atoms with Gasteiger partial charge >= 0.3 is 0 Å². The number of thiophene rings is 1. The van der Waals surface area contributed by atoms with Gasteiger partial charge in [0.1, 0.15) is 11.6 Å². The number of hydrogen-bond donors (Lipinski definition) is 2. The Hall–Kier alpha value is -4.07. The molecule has 10 nitrogen and oxygen atoms in total. The number of aryl methyl sites for hydroxylation is 3. The molecule has 0 fully saturated rings. The number of amides is 1. The Morgan fingerprint density at radius 3 is 2.40 bits per heavy atom. The first-order valence-electron chi connectivity index (χ1n) is 12.1. The number of nitrogens with one attached hydrogen (secondary N) is 2. The van der Waals surface area contributed by atoms with Crippen molar-refractivity contribution in [2.75, 3.05) is 15.8 Å². The van der Waals surface area contributed by atoms with Crippen LogP contribution in [-0.2, 0) is 14.8 Å². The summed E-state index contributed by atoms with van der Waals surface area (Å²) in [6, 6.07) is 19.5. The standard InChI is InChI=1S/C27H25N7O3S3/c1-17-6-10-21(11-7-17)34-26(23-5-4-14-38-23)31-32-27(34)39-16-25(35)30-20-8-12-22(13-9-20)40(36,37)33-24-15-18(2)28-19(3)29-24/h4-15H,16H2,1-3H3,(H,30,35)(H,28,29,33). The third-order valence-corrected chi connectivity index (χ3v) is 8.82. The number of carbonyl (C=O) groups is 1. The summed E-state index contributed by atoms with van der Waals surface area (Å²) < 4.78 is 30.0. The lowest BCUT2D eigenvalue weighted by molar-refractivity contribution is -0.113. The molecular weight excluding hydrogens is 567 g/mol. The summed E-state index contributed by atoms with van der Waals surface area (Å²) in [4.78, 5) is 22.1. The van der Waals surface area contributed by atoms with E-state index in [1.54, 1.807) is 31.3 Å². The molecule has 3 heterocycles. The predicted molar refractivity (Wildman–Crippen MR) is 158 cm³/mol. The van der Waals surface area contributed by atoms with Gasteiger partial charge in [-0.3, -0.25) is 14.1 Å². The van der Waals surface area contributed by atoms with Crippen LogP contribution in [0.25, 0.3) is 16.4 Å². The molecule has 0 unspecified atom stereocenters. The van der Waals surface area contributed by atoms with Gasteiger partial charge in [0.05, 0.1) is 15.5 Å². The van der Waals surface area contributed by atoms with E-state index in [-0.39, 0.29) is 22.4 Å². The van der Waals surface area contributed by atoms with E-state index in [0.29, 0.717) is 28.2 Å². The van der Waals surface area contributed by atoms with Gasteiger partial charge in [-0.1, -0.05) is 35.5 Å². The van der Waals surface area contributed by atoms with E-state index >= 15 is 0 Å². The number of sulfonamides is 1. The molecule has 2 N–H and O–H groups in total. The molecule has 5 aromatic rings. The van der Waals surface area contributed by atoms with Crippen LogP contribution in [0.15, 0.2) is 82.2 Å². The van der Waals surface area contributed by atoms with Gasteiger partial charge < -0.3 is 5.32 Å². The molecule has 0 spiro atoms. The molecule has 0 aliphatic heterocycles. The SMILES string of the molecule is Cc1ccc(-n2c(SCC(=O)Nc3ccc(S(=O)(=O)Nc4cc(C)nc(C)n4)cc3)nnc2-c2cccs2)cc1. The van der Waals surface area contributed by atoms with Crippen molar-refractivity contribution in [3.63, 3.8) is 0 Å². The summed E-state index contributed by atoms with van der Waals surface area (Å²) >= 11 is 2.83. The minimum Gasteiger partial charge on any atom is -0.325 e. The lowest BCUT2D eigenvalue weighted by Gasteiger charge is -2.11. The Labute approximate surface area is 240 Å². The van der Waals surface area contributed by atoms with E-state index in [4.69, 9.17) is 0 Å². The van der Waals surface area contributed by atoms with Gasteiger partial charge in [-0.25, -0.2) is 18.4 Å². The van der Waals surface area contributed by atoms with Crippen LogP contribution in [0.5, 0.6) is 0 Å². The second-order valence-electron chi connectivity index (χ2n) is 8.86. The van der Waals surface area contributed by atoms with Crippen molar-refractivity contribution in [1.29, 1.82) is 0 Å². The molecule has 2 aromatic carbocycles. The molecule has 0 saturated heterocycles. The highest BCUT2D eigenvalue weighted by Gasteiger charge is 2.19. The van der Waals surface area contributed by atoms with E-state index < -0.39 is 10.0 Å². The number of carbonyl (C=O) groups excluding carboxylic acids is 1. The minimum atomic E-state index is -3.86. The maximum atomic E-state index is 12.8. The van der Waals surface area contributed by atoms with Crippen LogP contribution >= 0.6 is 23.1 Å². The molecule has 1 amide bonds. The van der Waals surface area contributed by atoms with E-state index in [1.807, 2.05) is 53.3 Å². The third kappa shape index (κ3) is 6.38. The summed E-state index contributed by atoms with van der Waals surface area (Å²) in [5.41, 5.74) is 3.16. The molecule has 0 aliphatic carbocycles. The normalized spacial score (nSPS) is 11.4. The van der Waals surface area contributed by atoms with Gasteiger partial charge in [0.2, 0.25) is 5.91 Å². The topological polar surface area (TPSA) is 132 Å². The summed E-state index contributed by atoms with van der Waals surface area (Å²) in [5.74, 6) is 1.19. The highest BCUT2D eigenvalue weighted by molar-refractivity contribution is 7.99. The first-order valence-corrected chi connectivity index (χ1v) is 15.5. The molecule has 204 valence electrons. The van der Waals surface area contributed by atoms with Crippen molar-refractivity contribution in [3.8, 4) is 16.4 Å². The van der Waals surface area contributed by atoms with E-state index in [0.717, 1.165) is 16.1 Å². The van der Waals surface area contributed by atoms with Crippen molar-refractivity contribution in [2.24, 2.45) is 0 Å². The summed E-state index contributed by atoms with van der Waals surface area (Å²) in [7, 11) is -3.86. The van der Waals surface area contributed by atoms with Crippen LogP contribution in [0.2, 0.25) is 0 Å². The zero-order valence-electron chi connectivity index (χ0n) is 21.8. The van der Waals surface area contributed by atoms with Crippen LogP contribution in [-0.4, -0.2) is 44.8 Å². The van der Waals surface area contributed by atoms with Gasteiger partial charge in [0.25, 0.3) is 10.0 Å². The smallest absolute Gasteiger partial charge is 0.263 e. The number of rotatable bonds is 9. The molecule has 0 atom stereocenters. The van der Waals surface area contributed by atoms with Crippen molar-refractivity contribution < 1.29 is 13.2 Å². The fourth-order valence-corrected chi connectivity index (χ4v) is 6.31.